The van der Waals surface area contributed by atoms with Crippen molar-refractivity contribution in [2.24, 2.45) is 0 Å². The van der Waals surface area contributed by atoms with Crippen molar-refractivity contribution >= 4 is 65.0 Å². The fourth-order valence-electron chi connectivity index (χ4n) is 7.59. The maximum absolute atomic E-state index is 6.68. The van der Waals surface area contributed by atoms with Crippen LogP contribution in [0.15, 0.2) is 168 Å². The number of hydrogen-bond donors (Lipinski definition) is 0. The molecule has 0 aliphatic carbocycles. The van der Waals surface area contributed by atoms with Gasteiger partial charge in [-0.3, -0.25) is 4.98 Å². The van der Waals surface area contributed by atoms with Crippen molar-refractivity contribution in [1.29, 1.82) is 0 Å². The van der Waals surface area contributed by atoms with Crippen LogP contribution in [-0.2, 0) is 0 Å². The Morgan fingerprint density at radius 3 is 1.62 bits per heavy atom. The molecule has 0 saturated heterocycles. The van der Waals surface area contributed by atoms with Crippen molar-refractivity contribution in [3.05, 3.63) is 164 Å². The number of furan rings is 1. The lowest BCUT2D eigenvalue weighted by Gasteiger charge is -2.18. The summed E-state index contributed by atoms with van der Waals surface area (Å²) in [6.45, 7) is 0. The predicted molar refractivity (Wildman–Crippen MR) is 198 cm³/mol. The van der Waals surface area contributed by atoms with E-state index in [0.29, 0.717) is 0 Å². The summed E-state index contributed by atoms with van der Waals surface area (Å²) in [7, 11) is 0. The van der Waals surface area contributed by atoms with Crippen molar-refractivity contribution in [2.75, 3.05) is 0 Å². The molecule has 0 amide bonds. The SMILES string of the molecule is c1ccc(-c2c3ccccc3cc3c2oc2ccc(-c4c5ccccc5c(-c5ccc6ccccc6c5)c5ccccc45)cc23)nc1. The van der Waals surface area contributed by atoms with Crippen LogP contribution in [0.5, 0.6) is 0 Å². The lowest BCUT2D eigenvalue weighted by Crippen LogP contribution is -1.91. The molecule has 2 aromatic heterocycles. The lowest BCUT2D eigenvalue weighted by molar-refractivity contribution is 0.670. The van der Waals surface area contributed by atoms with Crippen LogP contribution in [0.4, 0.5) is 0 Å². The van der Waals surface area contributed by atoms with Crippen molar-refractivity contribution in [3.8, 4) is 33.5 Å². The zero-order valence-electron chi connectivity index (χ0n) is 25.4. The minimum absolute atomic E-state index is 0.871. The van der Waals surface area contributed by atoms with Crippen LogP contribution in [-0.4, -0.2) is 4.98 Å². The Balaban J connectivity index is 1.28. The molecule has 0 N–H and O–H groups in total. The Kier molecular flexibility index (Phi) is 5.61. The number of nitrogens with zero attached hydrogens (tertiary/aromatic N) is 1. The zero-order chi connectivity index (χ0) is 30.9. The number of hydrogen-bond acceptors (Lipinski definition) is 2. The third-order valence-corrected chi connectivity index (χ3v) is 9.66. The highest BCUT2D eigenvalue weighted by Gasteiger charge is 2.20. The van der Waals surface area contributed by atoms with Crippen LogP contribution in [0.25, 0.3) is 98.5 Å². The van der Waals surface area contributed by atoms with Gasteiger partial charge in [0.25, 0.3) is 0 Å². The van der Waals surface area contributed by atoms with E-state index in [2.05, 4.69) is 146 Å². The van der Waals surface area contributed by atoms with Crippen molar-refractivity contribution in [1.82, 2.24) is 4.98 Å². The highest BCUT2D eigenvalue weighted by atomic mass is 16.3. The predicted octanol–water partition coefficient (Wildman–Crippen LogP) is 12.6. The number of aromatic nitrogens is 1. The Bertz CT molecular complexity index is 2790. The molecule has 0 atom stereocenters. The minimum Gasteiger partial charge on any atom is -0.455 e. The summed E-state index contributed by atoms with van der Waals surface area (Å²) in [5.74, 6) is 0. The topological polar surface area (TPSA) is 26.0 Å². The number of benzene rings is 8. The van der Waals surface area contributed by atoms with Gasteiger partial charge in [0.05, 0.1) is 11.3 Å². The number of rotatable bonds is 3. The molecule has 0 saturated carbocycles. The van der Waals surface area contributed by atoms with Crippen LogP contribution < -0.4 is 0 Å². The summed E-state index contributed by atoms with van der Waals surface area (Å²) >= 11 is 0. The normalized spacial score (nSPS) is 11.8. The maximum Gasteiger partial charge on any atom is 0.145 e. The molecule has 0 radical (unpaired) electrons. The van der Waals surface area contributed by atoms with E-state index >= 15 is 0 Å². The minimum atomic E-state index is 0.871. The second kappa shape index (κ2) is 10.1. The zero-order valence-corrected chi connectivity index (χ0v) is 25.4. The molecule has 218 valence electrons. The summed E-state index contributed by atoms with van der Waals surface area (Å²) in [5.41, 5.74) is 8.60. The van der Waals surface area contributed by atoms with E-state index in [0.717, 1.165) is 38.6 Å². The molecule has 2 heteroatoms. The first-order valence-electron chi connectivity index (χ1n) is 16.0. The number of pyridine rings is 1. The molecule has 10 rings (SSSR count). The van der Waals surface area contributed by atoms with Crippen LogP contribution in [0.2, 0.25) is 0 Å². The molecule has 0 unspecified atom stereocenters. The molecule has 8 aromatic carbocycles. The molecule has 0 spiro atoms. The molecule has 47 heavy (non-hydrogen) atoms. The fraction of sp³-hybridized carbons (Fsp3) is 0. The highest BCUT2D eigenvalue weighted by Crippen LogP contribution is 2.46. The van der Waals surface area contributed by atoms with E-state index in [4.69, 9.17) is 9.40 Å². The summed E-state index contributed by atoms with van der Waals surface area (Å²) < 4.78 is 6.68. The van der Waals surface area contributed by atoms with Gasteiger partial charge in [-0.15, -0.1) is 0 Å². The van der Waals surface area contributed by atoms with E-state index in [-0.39, 0.29) is 0 Å². The van der Waals surface area contributed by atoms with Gasteiger partial charge in [0.1, 0.15) is 11.2 Å². The summed E-state index contributed by atoms with van der Waals surface area (Å²) in [6, 6.07) is 56.6. The smallest absolute Gasteiger partial charge is 0.145 e. The van der Waals surface area contributed by atoms with Gasteiger partial charge in [-0.05, 0) is 102 Å². The third kappa shape index (κ3) is 3.95. The van der Waals surface area contributed by atoms with E-state index < -0.39 is 0 Å². The molecule has 0 aliphatic rings. The van der Waals surface area contributed by atoms with Gasteiger partial charge in [-0.1, -0.05) is 121 Å². The largest absolute Gasteiger partial charge is 0.455 e. The molecule has 0 fully saturated rings. The van der Waals surface area contributed by atoms with Gasteiger partial charge in [-0.2, -0.15) is 0 Å². The van der Waals surface area contributed by atoms with Crippen LogP contribution in [0.1, 0.15) is 0 Å². The van der Waals surface area contributed by atoms with Gasteiger partial charge >= 0.3 is 0 Å². The second-order valence-electron chi connectivity index (χ2n) is 12.3. The molecule has 10 aromatic rings. The average Bonchev–Trinajstić information content (AvgIpc) is 3.50. The van der Waals surface area contributed by atoms with Gasteiger partial charge in [-0.25, -0.2) is 0 Å². The average molecular weight is 598 g/mol. The molecule has 2 nitrogen and oxygen atoms in total. The van der Waals surface area contributed by atoms with Crippen molar-refractivity contribution < 1.29 is 4.42 Å². The van der Waals surface area contributed by atoms with Gasteiger partial charge in [0, 0.05) is 17.0 Å². The summed E-state index contributed by atoms with van der Waals surface area (Å²) in [4.78, 5) is 4.74. The van der Waals surface area contributed by atoms with Crippen LogP contribution in [0.3, 0.4) is 0 Å². The maximum atomic E-state index is 6.68. The van der Waals surface area contributed by atoms with Crippen molar-refractivity contribution in [2.45, 2.75) is 0 Å². The Hall–Kier alpha value is -6.25. The van der Waals surface area contributed by atoms with E-state index in [1.54, 1.807) is 0 Å². The van der Waals surface area contributed by atoms with Gasteiger partial charge in [0.15, 0.2) is 0 Å². The van der Waals surface area contributed by atoms with E-state index in [1.165, 1.54) is 60.0 Å². The molecule has 0 bridgehead atoms. The number of fused-ring (bicyclic) bond motifs is 7. The van der Waals surface area contributed by atoms with Gasteiger partial charge < -0.3 is 4.42 Å². The molecular weight excluding hydrogens is 571 g/mol. The summed E-state index contributed by atoms with van der Waals surface area (Å²) in [6.07, 6.45) is 1.85. The van der Waals surface area contributed by atoms with E-state index in [9.17, 15) is 0 Å². The molecular formula is C45H27NO. The Labute approximate surface area is 271 Å². The quantitative estimate of drug-likeness (QED) is 0.189. The summed E-state index contributed by atoms with van der Waals surface area (Å²) in [5, 5.41) is 12.0. The van der Waals surface area contributed by atoms with Crippen LogP contribution in [0, 0.1) is 0 Å². The van der Waals surface area contributed by atoms with Gasteiger partial charge in [0.2, 0.25) is 0 Å². The Morgan fingerprint density at radius 2 is 0.936 bits per heavy atom. The first kappa shape index (κ1) is 26.0. The standard InChI is InChI=1S/C45H27NO/c1-2-12-29-25-31(21-20-28(29)11-1)42-34-15-5-7-17-36(34)43(37-18-8-6-16-35(37)42)32-22-23-41-38(27-32)39-26-30-13-3-4-14-33(30)44(45(39)47-41)40-19-9-10-24-46-40/h1-27H. The van der Waals surface area contributed by atoms with Crippen LogP contribution >= 0.6 is 0 Å². The Morgan fingerprint density at radius 1 is 0.362 bits per heavy atom. The highest BCUT2D eigenvalue weighted by molar-refractivity contribution is 6.23. The first-order valence-corrected chi connectivity index (χ1v) is 16.0. The monoisotopic (exact) mass is 597 g/mol. The molecule has 2 heterocycles. The third-order valence-electron chi connectivity index (χ3n) is 9.66. The fourth-order valence-corrected chi connectivity index (χ4v) is 7.59. The lowest BCUT2D eigenvalue weighted by atomic mass is 9.85. The molecule has 0 aliphatic heterocycles. The van der Waals surface area contributed by atoms with E-state index in [1.807, 2.05) is 18.3 Å². The second-order valence-corrected chi connectivity index (χ2v) is 12.3. The van der Waals surface area contributed by atoms with Crippen molar-refractivity contribution in [3.63, 3.8) is 0 Å². The first-order chi connectivity index (χ1) is 23.3.